The Balaban J connectivity index is 2.09. The first-order valence-corrected chi connectivity index (χ1v) is 6.09. The number of benzene rings is 2. The van der Waals surface area contributed by atoms with E-state index >= 15 is 0 Å². The van der Waals surface area contributed by atoms with Gasteiger partial charge < -0.3 is 10.2 Å². The van der Waals surface area contributed by atoms with Crippen molar-refractivity contribution in [1.29, 1.82) is 5.26 Å². The first-order valence-electron chi connectivity index (χ1n) is 6.09. The van der Waals surface area contributed by atoms with Crippen molar-refractivity contribution < 1.29 is 4.39 Å². The fourth-order valence-electron chi connectivity index (χ4n) is 2.33. The largest absolute Gasteiger partial charge is 0.382 e. The van der Waals surface area contributed by atoms with Crippen LogP contribution in [0.1, 0.15) is 5.56 Å². The molecule has 3 rings (SSSR count). The van der Waals surface area contributed by atoms with Crippen LogP contribution in [0.5, 0.6) is 0 Å². The predicted octanol–water partition coefficient (Wildman–Crippen LogP) is 3.26. The number of halogens is 1. The van der Waals surface area contributed by atoms with Gasteiger partial charge in [-0.2, -0.15) is 5.26 Å². The molecular weight excluding hydrogens is 241 g/mol. The molecule has 0 spiro atoms. The highest BCUT2D eigenvalue weighted by molar-refractivity contribution is 5.79. The predicted molar refractivity (Wildman–Crippen MR) is 73.1 cm³/mol. The summed E-state index contributed by atoms with van der Waals surface area (Å²) in [5.41, 5.74) is 2.93. The molecule has 0 bridgehead atoms. The molecule has 94 valence electrons. The third-order valence-electron chi connectivity index (χ3n) is 3.21. The Morgan fingerprint density at radius 2 is 2.00 bits per heavy atom. The van der Waals surface area contributed by atoms with Crippen LogP contribution in [0, 0.1) is 17.1 Å². The van der Waals surface area contributed by atoms with Crippen molar-refractivity contribution in [1.82, 2.24) is 0 Å². The molecule has 0 radical (unpaired) electrons. The van der Waals surface area contributed by atoms with Crippen molar-refractivity contribution in [3.63, 3.8) is 0 Å². The molecule has 0 saturated carbocycles. The average molecular weight is 253 g/mol. The Kier molecular flexibility index (Phi) is 2.81. The van der Waals surface area contributed by atoms with Crippen molar-refractivity contribution in [3.05, 3.63) is 53.8 Å². The van der Waals surface area contributed by atoms with E-state index in [1.807, 2.05) is 17.0 Å². The number of hydrogen-bond acceptors (Lipinski definition) is 3. The van der Waals surface area contributed by atoms with Gasteiger partial charge in [-0.15, -0.1) is 0 Å². The maximum atomic E-state index is 13.9. The molecule has 1 heterocycles. The van der Waals surface area contributed by atoms with E-state index < -0.39 is 0 Å². The number of nitriles is 1. The van der Waals surface area contributed by atoms with E-state index in [2.05, 4.69) is 11.4 Å². The van der Waals surface area contributed by atoms with Gasteiger partial charge in [0.05, 0.1) is 28.7 Å². The smallest absolute Gasteiger partial charge is 0.146 e. The Morgan fingerprint density at radius 3 is 2.79 bits per heavy atom. The van der Waals surface area contributed by atoms with Gasteiger partial charge in [-0.05, 0) is 30.3 Å². The fraction of sp³-hybridized carbons (Fsp3) is 0.133. The molecule has 0 fully saturated rings. The summed E-state index contributed by atoms with van der Waals surface area (Å²) in [6.45, 7) is 1.41. The van der Waals surface area contributed by atoms with Crippen LogP contribution in [0.25, 0.3) is 0 Å². The number of rotatable bonds is 1. The number of nitrogens with one attached hydrogen (secondary N) is 1. The van der Waals surface area contributed by atoms with E-state index in [1.54, 1.807) is 24.3 Å². The first-order chi connectivity index (χ1) is 9.29. The molecule has 2 aromatic carbocycles. The average Bonchev–Trinajstić information content (AvgIpc) is 2.46. The van der Waals surface area contributed by atoms with E-state index in [-0.39, 0.29) is 5.82 Å². The Morgan fingerprint density at radius 1 is 1.16 bits per heavy atom. The van der Waals surface area contributed by atoms with Gasteiger partial charge in [0, 0.05) is 13.1 Å². The summed E-state index contributed by atoms with van der Waals surface area (Å²) < 4.78 is 13.9. The van der Waals surface area contributed by atoms with Gasteiger partial charge >= 0.3 is 0 Å². The lowest BCUT2D eigenvalue weighted by Gasteiger charge is -2.32. The quantitative estimate of drug-likeness (QED) is 0.847. The van der Waals surface area contributed by atoms with Gasteiger partial charge in [-0.3, -0.25) is 0 Å². The van der Waals surface area contributed by atoms with Crippen LogP contribution in [0.15, 0.2) is 42.5 Å². The molecule has 0 aliphatic carbocycles. The second-order valence-electron chi connectivity index (χ2n) is 4.37. The standard InChI is InChI=1S/C15H12FN3/c16-12-3-1-2-4-14(12)19-8-7-18-13-9-11(10-17)5-6-15(13)19/h1-6,9,18H,7-8H2. The maximum Gasteiger partial charge on any atom is 0.146 e. The van der Waals surface area contributed by atoms with E-state index in [9.17, 15) is 4.39 Å². The van der Waals surface area contributed by atoms with Crippen LogP contribution in [-0.2, 0) is 0 Å². The van der Waals surface area contributed by atoms with E-state index in [0.29, 0.717) is 17.8 Å². The van der Waals surface area contributed by atoms with Crippen LogP contribution in [-0.4, -0.2) is 13.1 Å². The van der Waals surface area contributed by atoms with Crippen LogP contribution >= 0.6 is 0 Å². The fourth-order valence-corrected chi connectivity index (χ4v) is 2.33. The van der Waals surface area contributed by atoms with Gasteiger partial charge in [-0.1, -0.05) is 12.1 Å². The molecule has 2 aromatic rings. The Bertz CT molecular complexity index is 661. The van der Waals surface area contributed by atoms with Crippen LogP contribution in [0.2, 0.25) is 0 Å². The minimum atomic E-state index is -0.236. The van der Waals surface area contributed by atoms with Gasteiger partial charge in [0.15, 0.2) is 0 Å². The van der Waals surface area contributed by atoms with Crippen molar-refractivity contribution in [2.75, 3.05) is 23.3 Å². The molecule has 0 saturated heterocycles. The van der Waals surface area contributed by atoms with E-state index in [1.165, 1.54) is 6.07 Å². The molecule has 1 N–H and O–H groups in total. The van der Waals surface area contributed by atoms with Crippen molar-refractivity contribution in [2.24, 2.45) is 0 Å². The summed E-state index contributed by atoms with van der Waals surface area (Å²) >= 11 is 0. The van der Waals surface area contributed by atoms with Crippen LogP contribution < -0.4 is 10.2 Å². The number of fused-ring (bicyclic) bond motifs is 1. The monoisotopic (exact) mass is 253 g/mol. The SMILES string of the molecule is N#Cc1ccc2c(c1)NCCN2c1ccccc1F. The summed E-state index contributed by atoms with van der Waals surface area (Å²) in [6.07, 6.45) is 0. The summed E-state index contributed by atoms with van der Waals surface area (Å²) in [4.78, 5) is 1.93. The van der Waals surface area contributed by atoms with Crippen LogP contribution in [0.3, 0.4) is 0 Å². The molecule has 0 unspecified atom stereocenters. The molecule has 4 heteroatoms. The third kappa shape index (κ3) is 2.00. The molecule has 0 atom stereocenters. The lowest BCUT2D eigenvalue weighted by Crippen LogP contribution is -2.30. The topological polar surface area (TPSA) is 39.1 Å². The van der Waals surface area contributed by atoms with E-state index in [0.717, 1.165) is 17.9 Å². The molecule has 0 aromatic heterocycles. The minimum Gasteiger partial charge on any atom is -0.382 e. The molecule has 1 aliphatic heterocycles. The Labute approximate surface area is 110 Å². The van der Waals surface area contributed by atoms with Gasteiger partial charge in [0.2, 0.25) is 0 Å². The molecule has 1 aliphatic rings. The zero-order valence-electron chi connectivity index (χ0n) is 10.2. The van der Waals surface area contributed by atoms with Crippen molar-refractivity contribution >= 4 is 17.1 Å². The third-order valence-corrected chi connectivity index (χ3v) is 3.21. The van der Waals surface area contributed by atoms with Gasteiger partial charge in [-0.25, -0.2) is 4.39 Å². The summed E-state index contributed by atoms with van der Waals surface area (Å²) in [5, 5.41) is 12.2. The van der Waals surface area contributed by atoms with Crippen molar-refractivity contribution in [2.45, 2.75) is 0 Å². The van der Waals surface area contributed by atoms with E-state index in [4.69, 9.17) is 5.26 Å². The normalized spacial score (nSPS) is 13.4. The second kappa shape index (κ2) is 4.62. The highest BCUT2D eigenvalue weighted by atomic mass is 19.1. The number of hydrogen-bond donors (Lipinski definition) is 1. The maximum absolute atomic E-state index is 13.9. The zero-order valence-corrected chi connectivity index (χ0v) is 10.2. The second-order valence-corrected chi connectivity index (χ2v) is 4.37. The minimum absolute atomic E-state index is 0.236. The zero-order chi connectivity index (χ0) is 13.2. The Hall–Kier alpha value is -2.54. The van der Waals surface area contributed by atoms with Gasteiger partial charge in [0.25, 0.3) is 0 Å². The lowest BCUT2D eigenvalue weighted by atomic mass is 10.1. The van der Waals surface area contributed by atoms with Crippen molar-refractivity contribution in [3.8, 4) is 6.07 Å². The highest BCUT2D eigenvalue weighted by Crippen LogP contribution is 2.36. The molecule has 19 heavy (non-hydrogen) atoms. The number of para-hydroxylation sites is 1. The van der Waals surface area contributed by atoms with Gasteiger partial charge in [0.1, 0.15) is 5.82 Å². The summed E-state index contributed by atoms with van der Waals surface area (Å²) in [6, 6.07) is 14.2. The summed E-state index contributed by atoms with van der Waals surface area (Å²) in [5.74, 6) is -0.236. The highest BCUT2D eigenvalue weighted by Gasteiger charge is 2.20. The lowest BCUT2D eigenvalue weighted by molar-refractivity contribution is 0.624. The number of nitrogens with zero attached hydrogens (tertiary/aromatic N) is 2. The number of anilines is 3. The molecule has 3 nitrogen and oxygen atoms in total. The first kappa shape index (κ1) is 11.5. The van der Waals surface area contributed by atoms with Crippen LogP contribution in [0.4, 0.5) is 21.5 Å². The molecule has 0 amide bonds. The molecular formula is C15H12FN3. The summed E-state index contributed by atoms with van der Waals surface area (Å²) in [7, 11) is 0.